The maximum atomic E-state index is 12.6. The Morgan fingerprint density at radius 3 is 2.33 bits per heavy atom. The molecule has 0 N–H and O–H groups in total. The van der Waals surface area contributed by atoms with Crippen LogP contribution in [0.2, 0.25) is 0 Å². The molecule has 7 heteroatoms. The van der Waals surface area contributed by atoms with E-state index < -0.39 is 9.84 Å². The van der Waals surface area contributed by atoms with Gasteiger partial charge in [0, 0.05) is 38.7 Å². The van der Waals surface area contributed by atoms with Crippen LogP contribution in [-0.4, -0.2) is 56.3 Å². The normalized spacial score (nSPS) is 18.9. The van der Waals surface area contributed by atoms with Crippen molar-refractivity contribution in [3.05, 3.63) is 29.8 Å². The Morgan fingerprint density at radius 1 is 1.19 bits per heavy atom. The van der Waals surface area contributed by atoms with E-state index in [2.05, 4.69) is 20.8 Å². The second-order valence-corrected chi connectivity index (χ2v) is 10.5. The first kappa shape index (κ1) is 21.4. The third-order valence-electron chi connectivity index (χ3n) is 5.08. The molecular weight excluding hydrogens is 364 g/mol. The summed E-state index contributed by atoms with van der Waals surface area (Å²) in [6.07, 6.45) is 0.638. The van der Waals surface area contributed by atoms with E-state index in [9.17, 15) is 18.0 Å². The van der Waals surface area contributed by atoms with Gasteiger partial charge in [-0.25, -0.2) is 8.42 Å². The lowest BCUT2D eigenvalue weighted by atomic mass is 9.85. The Morgan fingerprint density at radius 2 is 1.81 bits per heavy atom. The Kier molecular flexibility index (Phi) is 6.35. The molecule has 0 aromatic heterocycles. The number of carbonyl (C=O) groups excluding carboxylic acids is 2. The Labute approximate surface area is 162 Å². The second-order valence-electron chi connectivity index (χ2n) is 8.25. The van der Waals surface area contributed by atoms with E-state index >= 15 is 0 Å². The van der Waals surface area contributed by atoms with Gasteiger partial charge in [-0.05, 0) is 23.5 Å². The van der Waals surface area contributed by atoms with Gasteiger partial charge in [0.15, 0.2) is 9.84 Å². The molecule has 0 aliphatic carbocycles. The monoisotopic (exact) mass is 394 g/mol. The fourth-order valence-electron chi connectivity index (χ4n) is 3.46. The van der Waals surface area contributed by atoms with Crippen molar-refractivity contribution >= 4 is 27.3 Å². The zero-order valence-corrected chi connectivity index (χ0v) is 17.7. The van der Waals surface area contributed by atoms with Gasteiger partial charge >= 0.3 is 0 Å². The quantitative estimate of drug-likeness (QED) is 0.768. The number of anilines is 1. The summed E-state index contributed by atoms with van der Waals surface area (Å²) in [4.78, 5) is 28.0. The van der Waals surface area contributed by atoms with Gasteiger partial charge in [-0.1, -0.05) is 39.0 Å². The first-order valence-corrected chi connectivity index (χ1v) is 11.1. The van der Waals surface area contributed by atoms with Crippen molar-refractivity contribution in [3.63, 3.8) is 0 Å². The maximum Gasteiger partial charge on any atom is 0.224 e. The number of rotatable bonds is 5. The number of nitrogens with zero attached hydrogens (tertiary/aromatic N) is 2. The molecule has 1 aromatic rings. The Hall–Kier alpha value is -1.89. The van der Waals surface area contributed by atoms with Gasteiger partial charge in [-0.2, -0.15) is 0 Å². The molecule has 0 spiro atoms. The van der Waals surface area contributed by atoms with Crippen LogP contribution in [0.5, 0.6) is 0 Å². The van der Waals surface area contributed by atoms with Crippen LogP contribution in [0.3, 0.4) is 0 Å². The van der Waals surface area contributed by atoms with Gasteiger partial charge in [0.2, 0.25) is 11.8 Å². The summed E-state index contributed by atoms with van der Waals surface area (Å²) in [5.74, 6) is -0.103. The van der Waals surface area contributed by atoms with E-state index in [1.165, 1.54) is 11.8 Å². The van der Waals surface area contributed by atoms with Crippen LogP contribution < -0.4 is 4.90 Å². The number of para-hydroxylation sites is 1. The summed E-state index contributed by atoms with van der Waals surface area (Å²) in [6.45, 7) is 8.03. The molecule has 1 unspecified atom stereocenters. The topological polar surface area (TPSA) is 74.8 Å². The van der Waals surface area contributed by atoms with Crippen LogP contribution >= 0.6 is 0 Å². The highest BCUT2D eigenvalue weighted by Gasteiger charge is 2.33. The molecule has 6 nitrogen and oxygen atoms in total. The van der Waals surface area contributed by atoms with Crippen molar-refractivity contribution in [2.24, 2.45) is 0 Å². The molecule has 2 amide bonds. The highest BCUT2D eigenvalue weighted by molar-refractivity contribution is 7.91. The van der Waals surface area contributed by atoms with Gasteiger partial charge in [0.25, 0.3) is 0 Å². The van der Waals surface area contributed by atoms with Crippen LogP contribution in [0.4, 0.5) is 5.69 Å². The summed E-state index contributed by atoms with van der Waals surface area (Å²) in [5.41, 5.74) is 1.72. The number of benzene rings is 1. The highest BCUT2D eigenvalue weighted by atomic mass is 32.2. The highest BCUT2D eigenvalue weighted by Crippen LogP contribution is 2.32. The zero-order valence-electron chi connectivity index (χ0n) is 16.9. The molecule has 1 aliphatic rings. The lowest BCUT2D eigenvalue weighted by Gasteiger charge is -2.30. The molecule has 0 radical (unpaired) electrons. The number of carbonyl (C=O) groups is 2. The summed E-state index contributed by atoms with van der Waals surface area (Å²) in [5, 5.41) is 0. The number of hydrogen-bond acceptors (Lipinski definition) is 4. The molecule has 2 rings (SSSR count). The van der Waals surface area contributed by atoms with Crippen LogP contribution in [-0.2, 0) is 24.8 Å². The molecule has 1 aromatic carbocycles. The lowest BCUT2D eigenvalue weighted by Crippen LogP contribution is -2.40. The molecule has 27 heavy (non-hydrogen) atoms. The molecule has 150 valence electrons. The number of amides is 2. The molecule has 0 bridgehead atoms. The Bertz CT molecular complexity index is 812. The average molecular weight is 395 g/mol. The smallest absolute Gasteiger partial charge is 0.224 e. The predicted molar refractivity (Wildman–Crippen MR) is 108 cm³/mol. The maximum absolute atomic E-state index is 12.6. The van der Waals surface area contributed by atoms with Crippen molar-refractivity contribution in [2.75, 3.05) is 30.0 Å². The molecular formula is C20H30N2O4S. The number of hydrogen-bond donors (Lipinski definition) is 0. The SMILES string of the molecule is CC(=O)N(CCC(=O)N(C)C1CCS(=O)(=O)C1)c1ccccc1C(C)(C)C. The van der Waals surface area contributed by atoms with Gasteiger partial charge in [-0.15, -0.1) is 0 Å². The summed E-state index contributed by atoms with van der Waals surface area (Å²) < 4.78 is 23.3. The van der Waals surface area contributed by atoms with Crippen LogP contribution in [0.15, 0.2) is 24.3 Å². The van der Waals surface area contributed by atoms with E-state index in [1.807, 2.05) is 24.3 Å². The Balaban J connectivity index is 2.12. The molecule has 1 saturated heterocycles. The first-order chi connectivity index (χ1) is 12.4. The van der Waals surface area contributed by atoms with E-state index in [-0.39, 0.29) is 47.7 Å². The van der Waals surface area contributed by atoms with Crippen molar-refractivity contribution in [2.45, 2.75) is 52.0 Å². The molecule has 0 saturated carbocycles. The largest absolute Gasteiger partial charge is 0.342 e. The van der Waals surface area contributed by atoms with Crippen molar-refractivity contribution < 1.29 is 18.0 Å². The van der Waals surface area contributed by atoms with Crippen molar-refractivity contribution in [3.8, 4) is 0 Å². The third-order valence-corrected chi connectivity index (χ3v) is 6.83. The standard InChI is InChI=1S/C20H30N2O4S/c1-15(23)22(18-9-7-6-8-17(18)20(2,3)4)12-10-19(24)21(5)16-11-13-27(25,26)14-16/h6-9,16H,10-14H2,1-5H3. The van der Waals surface area contributed by atoms with Gasteiger partial charge in [0.1, 0.15) is 0 Å². The lowest BCUT2D eigenvalue weighted by molar-refractivity contribution is -0.131. The minimum Gasteiger partial charge on any atom is -0.342 e. The molecule has 1 fully saturated rings. The van der Waals surface area contributed by atoms with Crippen molar-refractivity contribution in [1.29, 1.82) is 0 Å². The summed E-state index contributed by atoms with van der Waals surface area (Å²) >= 11 is 0. The second kappa shape index (κ2) is 8.00. The van der Waals surface area contributed by atoms with Gasteiger partial charge in [-0.3, -0.25) is 9.59 Å². The average Bonchev–Trinajstić information content (AvgIpc) is 2.93. The van der Waals surface area contributed by atoms with E-state index in [0.717, 1.165) is 11.3 Å². The van der Waals surface area contributed by atoms with Crippen LogP contribution in [0.1, 0.15) is 46.1 Å². The fourth-order valence-corrected chi connectivity index (χ4v) is 5.23. The van der Waals surface area contributed by atoms with Gasteiger partial charge in [0.05, 0.1) is 11.5 Å². The molecule has 1 heterocycles. The summed E-state index contributed by atoms with van der Waals surface area (Å²) in [7, 11) is -1.39. The molecule has 1 aliphatic heterocycles. The summed E-state index contributed by atoms with van der Waals surface area (Å²) in [6, 6.07) is 7.47. The van der Waals surface area contributed by atoms with Crippen LogP contribution in [0, 0.1) is 0 Å². The first-order valence-electron chi connectivity index (χ1n) is 9.26. The number of sulfone groups is 1. The fraction of sp³-hybridized carbons (Fsp3) is 0.600. The van der Waals surface area contributed by atoms with Gasteiger partial charge < -0.3 is 9.80 Å². The van der Waals surface area contributed by atoms with E-state index in [4.69, 9.17) is 0 Å². The zero-order chi connectivity index (χ0) is 20.4. The predicted octanol–water partition coefficient (Wildman–Crippen LogP) is 2.37. The minimum absolute atomic E-state index is 0.0263. The van der Waals surface area contributed by atoms with E-state index in [0.29, 0.717) is 6.42 Å². The third kappa shape index (κ3) is 5.31. The van der Waals surface area contributed by atoms with Crippen LogP contribution in [0.25, 0.3) is 0 Å². The van der Waals surface area contributed by atoms with Crippen molar-refractivity contribution in [1.82, 2.24) is 4.90 Å². The molecule has 1 atom stereocenters. The van der Waals surface area contributed by atoms with E-state index in [1.54, 1.807) is 11.9 Å². The minimum atomic E-state index is -3.04.